The minimum atomic E-state index is -3.30. The number of fused-ring (bicyclic) bond motifs is 1. The lowest BCUT2D eigenvalue weighted by Gasteiger charge is -2.16. The van der Waals surface area contributed by atoms with Gasteiger partial charge in [-0.25, -0.2) is 8.42 Å². The summed E-state index contributed by atoms with van der Waals surface area (Å²) < 4.78 is 24.9. The van der Waals surface area contributed by atoms with Gasteiger partial charge < -0.3 is 4.90 Å². The summed E-state index contributed by atoms with van der Waals surface area (Å²) in [6, 6.07) is 21.0. The Bertz CT molecular complexity index is 1110. The Hall–Kier alpha value is -3.12. The molecule has 144 valence electrons. The molecule has 0 spiro atoms. The molecule has 0 saturated heterocycles. The number of sulfonamides is 1. The number of amides is 1. The van der Waals surface area contributed by atoms with Crippen molar-refractivity contribution < 1.29 is 13.2 Å². The Balaban J connectivity index is 1.66. The van der Waals surface area contributed by atoms with E-state index < -0.39 is 10.0 Å². The molecule has 6 heteroatoms. The molecule has 0 aliphatic carbocycles. The van der Waals surface area contributed by atoms with Crippen molar-refractivity contribution in [1.82, 2.24) is 4.90 Å². The molecule has 0 heterocycles. The quantitative estimate of drug-likeness (QED) is 0.645. The van der Waals surface area contributed by atoms with E-state index in [4.69, 9.17) is 0 Å². The van der Waals surface area contributed by atoms with E-state index in [1.54, 1.807) is 42.3 Å². The average Bonchev–Trinajstić information content (AvgIpc) is 2.66. The van der Waals surface area contributed by atoms with Crippen LogP contribution < -0.4 is 4.72 Å². The van der Waals surface area contributed by atoms with Crippen molar-refractivity contribution in [3.05, 3.63) is 83.9 Å². The van der Waals surface area contributed by atoms with Crippen LogP contribution in [0.3, 0.4) is 0 Å². The second-order valence-corrected chi connectivity index (χ2v) is 8.41. The molecule has 3 aromatic carbocycles. The fourth-order valence-electron chi connectivity index (χ4n) is 2.93. The van der Waals surface area contributed by atoms with Crippen molar-refractivity contribution in [2.24, 2.45) is 0 Å². The molecule has 0 unspecified atom stereocenters. The van der Waals surface area contributed by atoms with Crippen LogP contribution in [-0.4, -0.2) is 32.5 Å². The third kappa shape index (κ3) is 5.20. The number of carbonyl (C=O) groups excluding carboxylic acids is 1. The number of rotatable bonds is 6. The molecule has 0 saturated carbocycles. The van der Waals surface area contributed by atoms with Crippen LogP contribution in [0.15, 0.2) is 72.8 Å². The molecule has 0 radical (unpaired) electrons. The number of hydrogen-bond acceptors (Lipinski definition) is 3. The van der Waals surface area contributed by atoms with Crippen molar-refractivity contribution in [3.8, 4) is 0 Å². The van der Waals surface area contributed by atoms with Gasteiger partial charge in [-0.05, 0) is 40.1 Å². The third-order valence-electron chi connectivity index (χ3n) is 4.30. The van der Waals surface area contributed by atoms with Gasteiger partial charge in [0.05, 0.1) is 6.26 Å². The lowest BCUT2D eigenvalue weighted by molar-refractivity contribution is -0.125. The van der Waals surface area contributed by atoms with Crippen molar-refractivity contribution in [3.63, 3.8) is 0 Å². The highest BCUT2D eigenvalue weighted by molar-refractivity contribution is 7.92. The van der Waals surface area contributed by atoms with Crippen LogP contribution in [0.25, 0.3) is 16.8 Å². The normalized spacial score (nSPS) is 11.6. The molecule has 3 rings (SSSR count). The molecule has 0 fully saturated rings. The molecule has 0 bridgehead atoms. The lowest BCUT2D eigenvalue weighted by Crippen LogP contribution is -2.24. The van der Waals surface area contributed by atoms with E-state index in [0.717, 1.165) is 28.2 Å². The molecule has 1 N–H and O–H groups in total. The molecule has 0 aromatic heterocycles. The molecular weight excluding hydrogens is 372 g/mol. The molecule has 1 amide bonds. The van der Waals surface area contributed by atoms with Crippen LogP contribution in [0.1, 0.15) is 11.1 Å². The van der Waals surface area contributed by atoms with Crippen LogP contribution in [0, 0.1) is 0 Å². The molecular formula is C22H22N2O3S. The number of carbonyl (C=O) groups is 1. The number of likely N-dealkylation sites (N-methyl/N-ethyl adjacent to an activating group) is 1. The van der Waals surface area contributed by atoms with Gasteiger partial charge in [-0.1, -0.05) is 54.6 Å². The molecule has 3 aromatic rings. The van der Waals surface area contributed by atoms with Gasteiger partial charge in [-0.2, -0.15) is 0 Å². The van der Waals surface area contributed by atoms with Crippen molar-refractivity contribution in [1.29, 1.82) is 0 Å². The topological polar surface area (TPSA) is 66.5 Å². The Morgan fingerprint density at radius 1 is 1.00 bits per heavy atom. The molecule has 5 nitrogen and oxygen atoms in total. The van der Waals surface area contributed by atoms with Crippen LogP contribution in [0.5, 0.6) is 0 Å². The molecule has 0 aliphatic rings. The first-order chi connectivity index (χ1) is 13.3. The summed E-state index contributed by atoms with van der Waals surface area (Å²) in [5.74, 6) is -0.105. The lowest BCUT2D eigenvalue weighted by atomic mass is 10.0. The minimum Gasteiger partial charge on any atom is -0.338 e. The molecule has 28 heavy (non-hydrogen) atoms. The van der Waals surface area contributed by atoms with E-state index in [0.29, 0.717) is 12.2 Å². The Kier molecular flexibility index (Phi) is 5.80. The van der Waals surface area contributed by atoms with Gasteiger partial charge in [0.1, 0.15) is 0 Å². The molecule has 0 aliphatic heterocycles. The SMILES string of the molecule is CN(Cc1cccc2ccccc12)C(=O)/C=C/c1ccc(NS(C)(=O)=O)cc1. The maximum atomic E-state index is 12.5. The van der Waals surface area contributed by atoms with E-state index in [1.807, 2.05) is 24.3 Å². The van der Waals surface area contributed by atoms with E-state index in [1.165, 1.54) is 6.08 Å². The Morgan fingerprint density at radius 3 is 2.39 bits per heavy atom. The van der Waals surface area contributed by atoms with Gasteiger partial charge in [-0.3, -0.25) is 9.52 Å². The van der Waals surface area contributed by atoms with E-state index in [9.17, 15) is 13.2 Å². The third-order valence-corrected chi connectivity index (χ3v) is 4.90. The van der Waals surface area contributed by atoms with Gasteiger partial charge in [-0.15, -0.1) is 0 Å². The number of nitrogens with one attached hydrogen (secondary N) is 1. The van der Waals surface area contributed by atoms with Crippen molar-refractivity contribution >= 4 is 38.5 Å². The minimum absolute atomic E-state index is 0.105. The first-order valence-electron chi connectivity index (χ1n) is 8.79. The number of nitrogens with zero attached hydrogens (tertiary/aromatic N) is 1. The zero-order valence-corrected chi connectivity index (χ0v) is 16.6. The van der Waals surface area contributed by atoms with Gasteiger partial charge in [0, 0.05) is 25.4 Å². The zero-order valence-electron chi connectivity index (χ0n) is 15.8. The highest BCUT2D eigenvalue weighted by Gasteiger charge is 2.08. The number of hydrogen-bond donors (Lipinski definition) is 1. The summed E-state index contributed by atoms with van der Waals surface area (Å²) in [6.45, 7) is 0.516. The number of anilines is 1. The maximum absolute atomic E-state index is 12.5. The first-order valence-corrected chi connectivity index (χ1v) is 10.7. The Labute approximate surface area is 165 Å². The van der Waals surface area contributed by atoms with Crippen LogP contribution in [0.4, 0.5) is 5.69 Å². The predicted molar refractivity (Wildman–Crippen MR) is 114 cm³/mol. The average molecular weight is 394 g/mol. The van der Waals surface area contributed by atoms with Gasteiger partial charge in [0.15, 0.2) is 0 Å². The number of benzene rings is 3. The maximum Gasteiger partial charge on any atom is 0.246 e. The van der Waals surface area contributed by atoms with Gasteiger partial charge in [0.2, 0.25) is 15.9 Å². The first kappa shape index (κ1) is 19.6. The van der Waals surface area contributed by atoms with Crippen LogP contribution >= 0.6 is 0 Å². The zero-order chi connectivity index (χ0) is 20.1. The molecule has 0 atom stereocenters. The second-order valence-electron chi connectivity index (χ2n) is 6.66. The fraction of sp³-hybridized carbons (Fsp3) is 0.136. The summed E-state index contributed by atoms with van der Waals surface area (Å²) in [6.07, 6.45) is 4.33. The van der Waals surface area contributed by atoms with Gasteiger partial charge >= 0.3 is 0 Å². The highest BCUT2D eigenvalue weighted by atomic mass is 32.2. The highest BCUT2D eigenvalue weighted by Crippen LogP contribution is 2.20. The van der Waals surface area contributed by atoms with E-state index in [2.05, 4.69) is 22.9 Å². The van der Waals surface area contributed by atoms with E-state index >= 15 is 0 Å². The smallest absolute Gasteiger partial charge is 0.246 e. The van der Waals surface area contributed by atoms with Crippen LogP contribution in [0.2, 0.25) is 0 Å². The van der Waals surface area contributed by atoms with Crippen molar-refractivity contribution in [2.45, 2.75) is 6.54 Å². The standard InChI is InChI=1S/C22H22N2O3S/c1-24(16-19-8-5-7-18-6-3-4-9-21(18)19)22(25)15-12-17-10-13-20(14-11-17)23-28(2,26)27/h3-15,23H,16H2,1-2H3/b15-12+. The monoisotopic (exact) mass is 394 g/mol. The largest absolute Gasteiger partial charge is 0.338 e. The summed E-state index contributed by atoms with van der Waals surface area (Å²) >= 11 is 0. The summed E-state index contributed by atoms with van der Waals surface area (Å²) in [5, 5.41) is 2.29. The van der Waals surface area contributed by atoms with E-state index in [-0.39, 0.29) is 5.91 Å². The Morgan fingerprint density at radius 2 is 1.68 bits per heavy atom. The summed E-state index contributed by atoms with van der Waals surface area (Å²) in [4.78, 5) is 14.1. The van der Waals surface area contributed by atoms with Gasteiger partial charge in [0.25, 0.3) is 0 Å². The summed E-state index contributed by atoms with van der Waals surface area (Å²) in [7, 11) is -1.53. The predicted octanol–water partition coefficient (Wildman–Crippen LogP) is 3.88. The fourth-order valence-corrected chi connectivity index (χ4v) is 3.50. The summed E-state index contributed by atoms with van der Waals surface area (Å²) in [5.41, 5.74) is 2.39. The van der Waals surface area contributed by atoms with Crippen LogP contribution in [-0.2, 0) is 21.4 Å². The second kappa shape index (κ2) is 8.27. The van der Waals surface area contributed by atoms with Crippen molar-refractivity contribution in [2.75, 3.05) is 18.0 Å².